The minimum atomic E-state index is -3.50. The van der Waals surface area contributed by atoms with E-state index in [1.54, 1.807) is 44.3 Å². The topological polar surface area (TPSA) is 120 Å². The molecule has 2 aromatic carbocycles. The number of hydrogen-bond acceptors (Lipinski definition) is 8. The van der Waals surface area contributed by atoms with Gasteiger partial charge in [-0.25, -0.2) is 18.4 Å². The molecule has 1 aliphatic rings. The van der Waals surface area contributed by atoms with E-state index in [0.717, 1.165) is 42.6 Å². The van der Waals surface area contributed by atoms with Crippen molar-refractivity contribution in [3.05, 3.63) is 77.7 Å². The Kier molecular flexibility index (Phi) is 8.82. The van der Waals surface area contributed by atoms with Gasteiger partial charge < -0.3 is 15.6 Å². The number of piperidine rings is 1. The summed E-state index contributed by atoms with van der Waals surface area (Å²) in [5.74, 6) is 1.33. The first-order chi connectivity index (χ1) is 19.7. The van der Waals surface area contributed by atoms with Crippen molar-refractivity contribution in [2.24, 2.45) is 0 Å². The maximum Gasteiger partial charge on any atom is 0.182 e. The molecule has 1 saturated heterocycles. The van der Waals surface area contributed by atoms with Crippen molar-refractivity contribution in [1.29, 1.82) is 0 Å². The van der Waals surface area contributed by atoms with E-state index in [9.17, 15) is 13.2 Å². The molecular weight excluding hydrogens is 536 g/mol. The van der Waals surface area contributed by atoms with Crippen LogP contribution in [0.1, 0.15) is 43.6 Å². The van der Waals surface area contributed by atoms with E-state index in [1.807, 2.05) is 37.4 Å². The van der Waals surface area contributed by atoms with Crippen molar-refractivity contribution >= 4 is 38.2 Å². The van der Waals surface area contributed by atoms with Gasteiger partial charge in [-0.1, -0.05) is 36.4 Å². The highest BCUT2D eigenvalue weighted by atomic mass is 32.2. The fourth-order valence-electron chi connectivity index (χ4n) is 5.31. The van der Waals surface area contributed by atoms with Gasteiger partial charge in [-0.2, -0.15) is 0 Å². The number of benzene rings is 2. The first-order valence-corrected chi connectivity index (χ1v) is 15.7. The highest BCUT2D eigenvalue weighted by molar-refractivity contribution is 7.92. The monoisotopic (exact) mass is 574 g/mol. The third-order valence-corrected chi connectivity index (χ3v) is 9.88. The Bertz CT molecular complexity index is 1620. The van der Waals surface area contributed by atoms with Crippen LogP contribution in [0.5, 0.6) is 0 Å². The molecular formula is C31H38N6O3S. The molecule has 216 valence electrons. The number of para-hydroxylation sites is 1. The summed E-state index contributed by atoms with van der Waals surface area (Å²) in [5.41, 5.74) is 3.89. The minimum absolute atomic E-state index is 0.219. The number of ketones is 1. The number of carbonyl (C=O) groups is 1. The molecule has 9 nitrogen and oxygen atoms in total. The quantitative estimate of drug-likeness (QED) is 0.243. The Labute approximate surface area is 241 Å². The lowest BCUT2D eigenvalue weighted by atomic mass is 10.0. The summed E-state index contributed by atoms with van der Waals surface area (Å²) in [5, 5.41) is 6.03. The van der Waals surface area contributed by atoms with Crippen molar-refractivity contribution in [2.75, 3.05) is 32.0 Å². The maximum atomic E-state index is 13.0. The van der Waals surface area contributed by atoms with Crippen LogP contribution in [0.3, 0.4) is 0 Å². The van der Waals surface area contributed by atoms with Gasteiger partial charge in [-0.05, 0) is 63.1 Å². The highest BCUT2D eigenvalue weighted by Gasteiger charge is 2.23. The van der Waals surface area contributed by atoms with Crippen LogP contribution in [-0.2, 0) is 27.5 Å². The number of anilines is 2. The van der Waals surface area contributed by atoms with Gasteiger partial charge >= 0.3 is 0 Å². The summed E-state index contributed by atoms with van der Waals surface area (Å²) < 4.78 is 26.0. The summed E-state index contributed by atoms with van der Waals surface area (Å²) in [4.78, 5) is 28.0. The summed E-state index contributed by atoms with van der Waals surface area (Å²) in [6, 6.07) is 17.3. The third-order valence-electron chi connectivity index (χ3n) is 7.67. The van der Waals surface area contributed by atoms with Crippen LogP contribution in [0.15, 0.2) is 65.7 Å². The number of hydrogen-bond donors (Lipinski definition) is 3. The second-order valence-electron chi connectivity index (χ2n) is 11.0. The molecule has 41 heavy (non-hydrogen) atoms. The number of rotatable bonds is 11. The van der Waals surface area contributed by atoms with E-state index in [1.165, 1.54) is 0 Å². The maximum absolute atomic E-state index is 13.0. The lowest BCUT2D eigenvalue weighted by Gasteiger charge is -2.31. The Morgan fingerprint density at radius 3 is 2.56 bits per heavy atom. The largest absolute Gasteiger partial charge is 0.357 e. The number of H-pyrrole nitrogens is 1. The van der Waals surface area contributed by atoms with Gasteiger partial charge in [0.15, 0.2) is 21.4 Å². The van der Waals surface area contributed by atoms with Crippen molar-refractivity contribution in [3.63, 3.8) is 0 Å². The highest BCUT2D eigenvalue weighted by Crippen LogP contribution is 2.30. The number of carbonyl (C=O) groups excluding carboxylic acids is 1. The lowest BCUT2D eigenvalue weighted by Crippen LogP contribution is -2.43. The van der Waals surface area contributed by atoms with Gasteiger partial charge in [0.1, 0.15) is 11.3 Å². The summed E-state index contributed by atoms with van der Waals surface area (Å²) in [6.45, 7) is 5.72. The number of sulfone groups is 1. The van der Waals surface area contributed by atoms with E-state index < -0.39 is 15.1 Å². The zero-order valence-electron chi connectivity index (χ0n) is 23.9. The van der Waals surface area contributed by atoms with E-state index in [4.69, 9.17) is 9.97 Å². The molecule has 4 aromatic rings. The van der Waals surface area contributed by atoms with Crippen LogP contribution < -0.4 is 10.6 Å². The van der Waals surface area contributed by atoms with Crippen LogP contribution in [0, 0.1) is 0 Å². The Balaban J connectivity index is 1.32. The second kappa shape index (κ2) is 12.5. The molecule has 1 fully saturated rings. The Hall–Kier alpha value is -3.60. The van der Waals surface area contributed by atoms with Gasteiger partial charge in [-0.3, -0.25) is 9.69 Å². The molecule has 0 bridgehead atoms. The van der Waals surface area contributed by atoms with Crippen LogP contribution in [-0.4, -0.2) is 72.0 Å². The minimum Gasteiger partial charge on any atom is -0.357 e. The van der Waals surface area contributed by atoms with E-state index in [2.05, 4.69) is 20.5 Å². The number of likely N-dealkylation sites (tertiary alicyclic amines) is 1. The molecule has 0 saturated carbocycles. The third kappa shape index (κ3) is 6.83. The van der Waals surface area contributed by atoms with E-state index in [-0.39, 0.29) is 10.7 Å². The van der Waals surface area contributed by atoms with E-state index >= 15 is 0 Å². The number of Topliss-reactive ketones (excluding diaryl/α,β-unsaturated/α-hetero) is 1. The molecule has 0 spiro atoms. The lowest BCUT2D eigenvalue weighted by molar-refractivity contribution is -0.119. The number of aromatic nitrogens is 3. The van der Waals surface area contributed by atoms with Gasteiger partial charge in [-0.15, -0.1) is 0 Å². The summed E-state index contributed by atoms with van der Waals surface area (Å²) in [6.07, 6.45) is 4.80. The molecule has 0 atom stereocenters. The summed E-state index contributed by atoms with van der Waals surface area (Å²) >= 11 is 0. The average Bonchev–Trinajstić information content (AvgIpc) is 3.43. The average molecular weight is 575 g/mol. The van der Waals surface area contributed by atoms with Crippen LogP contribution >= 0.6 is 0 Å². The van der Waals surface area contributed by atoms with Gasteiger partial charge in [0, 0.05) is 38.2 Å². The van der Waals surface area contributed by atoms with Gasteiger partial charge in [0.2, 0.25) is 0 Å². The van der Waals surface area contributed by atoms with Crippen molar-refractivity contribution < 1.29 is 13.2 Å². The molecule has 0 amide bonds. The fraction of sp³-hybridized carbons (Fsp3) is 0.387. The van der Waals surface area contributed by atoms with Gasteiger partial charge in [0.05, 0.1) is 27.9 Å². The van der Waals surface area contributed by atoms with Crippen molar-refractivity contribution in [3.8, 4) is 0 Å². The molecule has 5 rings (SSSR count). The zero-order chi connectivity index (χ0) is 29.0. The number of fused-ring (bicyclic) bond motifs is 1. The molecule has 0 radical (unpaired) electrons. The standard InChI is InChI=1S/C31H38N6O3S/c1-21(2)41(39,40)28-10-5-4-9-26(28)35-31-30-27(11-14-33-30)34-29(36-31)19-23-8-6-7-22(17-23)18-25(38)20-37-15-12-24(32-3)13-16-37/h4-11,14,17,21,24,32-33H,12-13,15-16,18-20H2,1-3H3,(H,34,35,36). The SMILES string of the molecule is CNC1CCN(CC(=O)Cc2cccc(Cc3nc(Nc4ccccc4S(=O)(=O)C(C)C)c4[nH]ccc4n3)c2)CC1. The predicted octanol–water partition coefficient (Wildman–Crippen LogP) is 4.27. The van der Waals surface area contributed by atoms with Crippen molar-refractivity contribution in [1.82, 2.24) is 25.2 Å². The number of aromatic amines is 1. The normalized spacial score (nSPS) is 15.0. The fourth-order valence-corrected chi connectivity index (χ4v) is 6.51. The van der Waals surface area contributed by atoms with Crippen molar-refractivity contribution in [2.45, 2.75) is 55.7 Å². The number of nitrogens with zero attached hydrogens (tertiary/aromatic N) is 3. The predicted molar refractivity (Wildman–Crippen MR) is 162 cm³/mol. The smallest absolute Gasteiger partial charge is 0.182 e. The van der Waals surface area contributed by atoms with Crippen LogP contribution in [0.25, 0.3) is 11.0 Å². The molecule has 10 heteroatoms. The summed E-state index contributed by atoms with van der Waals surface area (Å²) in [7, 11) is -1.51. The number of nitrogens with one attached hydrogen (secondary N) is 3. The molecule has 1 aliphatic heterocycles. The van der Waals surface area contributed by atoms with E-state index in [0.29, 0.717) is 48.3 Å². The molecule has 0 aliphatic carbocycles. The van der Waals surface area contributed by atoms with Crippen LogP contribution in [0.4, 0.5) is 11.5 Å². The first-order valence-electron chi connectivity index (χ1n) is 14.2. The Morgan fingerprint density at radius 2 is 1.80 bits per heavy atom. The molecule has 3 heterocycles. The van der Waals surface area contributed by atoms with Crippen LogP contribution in [0.2, 0.25) is 0 Å². The second-order valence-corrected chi connectivity index (χ2v) is 13.5. The zero-order valence-corrected chi connectivity index (χ0v) is 24.7. The first kappa shape index (κ1) is 28.9. The van der Waals surface area contributed by atoms with Gasteiger partial charge in [0.25, 0.3) is 0 Å². The molecule has 0 unspecified atom stereocenters. The molecule has 2 aromatic heterocycles. The molecule has 3 N–H and O–H groups in total. The Morgan fingerprint density at radius 1 is 1.05 bits per heavy atom.